The number of urea groups is 1. The predicted molar refractivity (Wildman–Crippen MR) is 104 cm³/mol. The van der Waals surface area contributed by atoms with Gasteiger partial charge in [0.05, 0.1) is 12.1 Å². The first-order valence-corrected chi connectivity index (χ1v) is 9.83. The molecule has 0 aromatic heterocycles. The summed E-state index contributed by atoms with van der Waals surface area (Å²) < 4.78 is 10.0. The van der Waals surface area contributed by atoms with Crippen molar-refractivity contribution < 1.29 is 28.7 Å². The topological polar surface area (TPSA) is 102 Å². The molecule has 2 aliphatic rings. The van der Waals surface area contributed by atoms with Crippen LogP contribution in [0, 0.1) is 5.92 Å². The van der Waals surface area contributed by atoms with E-state index in [-0.39, 0.29) is 16.5 Å². The predicted octanol–water partition coefficient (Wildman–Crippen LogP) is 2.58. The van der Waals surface area contributed by atoms with E-state index in [0.29, 0.717) is 12.2 Å². The van der Waals surface area contributed by atoms with Crippen molar-refractivity contribution >= 4 is 35.3 Å². The summed E-state index contributed by atoms with van der Waals surface area (Å²) in [6, 6.07) is 3.86. The number of Topliss-reactive ketones (excluding diaryl/α,β-unsaturated/α-hetero) is 1. The summed E-state index contributed by atoms with van der Waals surface area (Å²) in [4.78, 5) is 50.4. The molecule has 3 amide bonds. The molecule has 8 nitrogen and oxygen atoms in total. The third-order valence-electron chi connectivity index (χ3n) is 5.63. The molecular weight excluding hydrogens is 400 g/mol. The summed E-state index contributed by atoms with van der Waals surface area (Å²) in [5.74, 6) is -1.28. The van der Waals surface area contributed by atoms with Gasteiger partial charge in [-0.1, -0.05) is 31.4 Å². The number of benzene rings is 1. The van der Waals surface area contributed by atoms with Gasteiger partial charge in [0.25, 0.3) is 5.91 Å². The van der Waals surface area contributed by atoms with Crippen LogP contribution in [0.15, 0.2) is 18.2 Å². The summed E-state index contributed by atoms with van der Waals surface area (Å²) in [5.41, 5.74) is -0.681. The molecule has 1 heterocycles. The molecule has 0 bridgehead atoms. The van der Waals surface area contributed by atoms with Crippen LogP contribution in [-0.4, -0.2) is 54.4 Å². The molecule has 1 N–H and O–H groups in total. The second-order valence-corrected chi connectivity index (χ2v) is 7.78. The van der Waals surface area contributed by atoms with Crippen LogP contribution in [0.5, 0.6) is 5.75 Å². The fourth-order valence-electron chi connectivity index (χ4n) is 3.88. The zero-order valence-corrected chi connectivity index (χ0v) is 17.1. The number of carbonyl (C=O) groups excluding carboxylic acids is 4. The second-order valence-electron chi connectivity index (χ2n) is 7.37. The first kappa shape index (κ1) is 21.1. The maximum atomic E-state index is 12.8. The van der Waals surface area contributed by atoms with Gasteiger partial charge in [-0.2, -0.15) is 0 Å². The van der Waals surface area contributed by atoms with Crippen LogP contribution < -0.4 is 10.1 Å². The van der Waals surface area contributed by atoms with Gasteiger partial charge in [0, 0.05) is 5.56 Å². The van der Waals surface area contributed by atoms with Gasteiger partial charge in [-0.05, 0) is 37.0 Å². The molecule has 1 aromatic carbocycles. The minimum Gasteiger partial charge on any atom is -0.495 e. The average Bonchev–Trinajstić information content (AvgIpc) is 2.93. The largest absolute Gasteiger partial charge is 0.495 e. The lowest BCUT2D eigenvalue weighted by Gasteiger charge is -2.36. The summed E-state index contributed by atoms with van der Waals surface area (Å²) in [6.07, 6.45) is 3.24. The maximum absolute atomic E-state index is 12.8. The standard InChI is InChI=1S/C20H23ClN2O6/c1-12-5-3-4-8-20(12)18(26)23(19(27)22-20)10-17(25)29-11-15(24)13-6-7-16(28-2)14(21)9-13/h6-7,9,12H,3-5,8,10-11H2,1-2H3,(H,22,27)/t12-,20-/m1/s1. The Hall–Kier alpha value is -2.61. The monoisotopic (exact) mass is 422 g/mol. The van der Waals surface area contributed by atoms with Crippen molar-refractivity contribution in [3.63, 3.8) is 0 Å². The number of methoxy groups -OCH3 is 1. The number of hydrogen-bond donors (Lipinski definition) is 1. The van der Waals surface area contributed by atoms with Crippen LogP contribution in [-0.2, 0) is 14.3 Å². The number of ketones is 1. The van der Waals surface area contributed by atoms with E-state index in [0.717, 1.165) is 24.2 Å². The Morgan fingerprint density at radius 3 is 2.72 bits per heavy atom. The highest BCUT2D eigenvalue weighted by Gasteiger charge is 2.55. The van der Waals surface area contributed by atoms with Crippen LogP contribution in [0.2, 0.25) is 5.02 Å². The highest BCUT2D eigenvalue weighted by molar-refractivity contribution is 6.32. The molecule has 3 rings (SSSR count). The van der Waals surface area contributed by atoms with Crippen LogP contribution >= 0.6 is 11.6 Å². The molecule has 2 fully saturated rings. The van der Waals surface area contributed by atoms with E-state index in [1.807, 2.05) is 6.92 Å². The van der Waals surface area contributed by atoms with Crippen molar-refractivity contribution in [1.29, 1.82) is 0 Å². The summed E-state index contributed by atoms with van der Waals surface area (Å²) in [7, 11) is 1.46. The van der Waals surface area contributed by atoms with Crippen molar-refractivity contribution in [1.82, 2.24) is 10.2 Å². The van der Waals surface area contributed by atoms with Gasteiger partial charge in [0.15, 0.2) is 12.4 Å². The normalized spacial score (nSPS) is 23.8. The quantitative estimate of drug-likeness (QED) is 0.429. The fraction of sp³-hybridized carbons (Fsp3) is 0.500. The van der Waals surface area contributed by atoms with Crippen LogP contribution in [0.3, 0.4) is 0 Å². The molecule has 156 valence electrons. The Labute approximate surface area is 173 Å². The molecule has 9 heteroatoms. The lowest BCUT2D eigenvalue weighted by molar-refractivity contribution is -0.147. The Kier molecular flexibility index (Phi) is 6.12. The minimum absolute atomic E-state index is 0.00452. The van der Waals surface area contributed by atoms with Crippen molar-refractivity contribution in [2.75, 3.05) is 20.3 Å². The summed E-state index contributed by atoms with van der Waals surface area (Å²) in [6.45, 7) is 0.875. The third kappa shape index (κ3) is 4.07. The molecule has 0 radical (unpaired) electrons. The number of ether oxygens (including phenoxy) is 2. The molecule has 0 unspecified atom stereocenters. The van der Waals surface area contributed by atoms with E-state index < -0.39 is 42.4 Å². The average molecular weight is 423 g/mol. The van der Waals surface area contributed by atoms with Crippen molar-refractivity contribution in [2.24, 2.45) is 5.92 Å². The van der Waals surface area contributed by atoms with Gasteiger partial charge in [-0.25, -0.2) is 4.79 Å². The number of carbonyl (C=O) groups is 4. The van der Waals surface area contributed by atoms with Gasteiger partial charge in [0.2, 0.25) is 0 Å². The molecule has 1 aliphatic carbocycles. The highest BCUT2D eigenvalue weighted by atomic mass is 35.5. The van der Waals surface area contributed by atoms with Crippen molar-refractivity contribution in [3.8, 4) is 5.75 Å². The first-order chi connectivity index (χ1) is 13.8. The van der Waals surface area contributed by atoms with Gasteiger partial charge < -0.3 is 14.8 Å². The van der Waals surface area contributed by atoms with Gasteiger partial charge in [-0.15, -0.1) is 0 Å². The lowest BCUT2D eigenvalue weighted by atomic mass is 9.73. The van der Waals surface area contributed by atoms with E-state index >= 15 is 0 Å². The molecule has 1 saturated carbocycles. The number of esters is 1. The van der Waals surface area contributed by atoms with Crippen molar-refractivity contribution in [2.45, 2.75) is 38.1 Å². The first-order valence-electron chi connectivity index (χ1n) is 9.45. The molecule has 1 saturated heterocycles. The molecule has 1 spiro atoms. The molecular formula is C20H23ClN2O6. The molecule has 1 aromatic rings. The minimum atomic E-state index is -0.939. The zero-order valence-electron chi connectivity index (χ0n) is 16.3. The third-order valence-corrected chi connectivity index (χ3v) is 5.92. The zero-order chi connectivity index (χ0) is 21.2. The number of amides is 3. The highest BCUT2D eigenvalue weighted by Crippen LogP contribution is 2.38. The van der Waals surface area contributed by atoms with E-state index in [1.165, 1.54) is 25.3 Å². The van der Waals surface area contributed by atoms with E-state index in [2.05, 4.69) is 5.32 Å². The number of nitrogens with zero attached hydrogens (tertiary/aromatic N) is 1. The summed E-state index contributed by atoms with van der Waals surface area (Å²) >= 11 is 5.99. The Balaban J connectivity index is 1.58. The van der Waals surface area contributed by atoms with E-state index in [4.69, 9.17) is 21.1 Å². The number of imide groups is 1. The Morgan fingerprint density at radius 1 is 1.31 bits per heavy atom. The van der Waals surface area contributed by atoms with Gasteiger partial charge >= 0.3 is 12.0 Å². The SMILES string of the molecule is COc1ccc(C(=O)COC(=O)CN2C(=O)N[C@@]3(CCCC[C@H]3C)C2=O)cc1Cl. The van der Waals surface area contributed by atoms with Crippen LogP contribution in [0.4, 0.5) is 4.79 Å². The number of nitrogens with one attached hydrogen (secondary N) is 1. The van der Waals surface area contributed by atoms with E-state index in [9.17, 15) is 19.2 Å². The van der Waals surface area contributed by atoms with Crippen LogP contribution in [0.1, 0.15) is 43.0 Å². The van der Waals surface area contributed by atoms with Crippen LogP contribution in [0.25, 0.3) is 0 Å². The number of rotatable bonds is 6. The van der Waals surface area contributed by atoms with Gasteiger partial charge in [-0.3, -0.25) is 19.3 Å². The number of hydrogen-bond acceptors (Lipinski definition) is 6. The Bertz CT molecular complexity index is 857. The molecule has 29 heavy (non-hydrogen) atoms. The fourth-order valence-corrected chi connectivity index (χ4v) is 4.14. The van der Waals surface area contributed by atoms with E-state index in [1.54, 1.807) is 0 Å². The lowest BCUT2D eigenvalue weighted by Crippen LogP contribution is -2.54. The summed E-state index contributed by atoms with van der Waals surface area (Å²) in [5, 5.41) is 3.03. The maximum Gasteiger partial charge on any atom is 0.326 e. The second kappa shape index (κ2) is 8.41. The Morgan fingerprint density at radius 2 is 2.07 bits per heavy atom. The molecule has 2 atom stereocenters. The van der Waals surface area contributed by atoms with Gasteiger partial charge in [0.1, 0.15) is 17.8 Å². The number of halogens is 1. The molecule has 1 aliphatic heterocycles. The smallest absolute Gasteiger partial charge is 0.326 e. The van der Waals surface area contributed by atoms with Crippen molar-refractivity contribution in [3.05, 3.63) is 28.8 Å².